The van der Waals surface area contributed by atoms with Gasteiger partial charge >= 0.3 is 0 Å². The summed E-state index contributed by atoms with van der Waals surface area (Å²) >= 11 is 0. The Labute approximate surface area is 83.0 Å². The maximum Gasteiger partial charge on any atom is 0.243 e. The van der Waals surface area contributed by atoms with Crippen LogP contribution in [0.2, 0.25) is 0 Å². The van der Waals surface area contributed by atoms with Crippen LogP contribution in [0.4, 0.5) is 0 Å². The predicted molar refractivity (Wildman–Crippen MR) is 51.1 cm³/mol. The van der Waals surface area contributed by atoms with Gasteiger partial charge in [0, 0.05) is 12.7 Å². The largest absolute Gasteiger partial charge is 0.284 e. The van der Waals surface area contributed by atoms with Crippen molar-refractivity contribution in [2.24, 2.45) is 5.92 Å². The molecule has 1 aliphatic carbocycles. The molecule has 5 nitrogen and oxygen atoms in total. The topological polar surface area (TPSA) is 74.8 Å². The van der Waals surface area contributed by atoms with Crippen LogP contribution in [0.15, 0.2) is 17.3 Å². The molecule has 0 aromatic carbocycles. The lowest BCUT2D eigenvalue weighted by atomic mass is 10.3. The van der Waals surface area contributed by atoms with Gasteiger partial charge in [-0.2, -0.15) is 5.10 Å². The highest BCUT2D eigenvalue weighted by Crippen LogP contribution is 2.31. The molecular weight excluding hydrogens is 202 g/mol. The SMILES string of the molecule is O=S(=O)(NCCC1CC1)c1cn[nH]c1. The van der Waals surface area contributed by atoms with Crippen molar-refractivity contribution in [1.29, 1.82) is 0 Å². The van der Waals surface area contributed by atoms with Crippen molar-refractivity contribution in [3.05, 3.63) is 12.4 Å². The van der Waals surface area contributed by atoms with Gasteiger partial charge in [0.2, 0.25) is 10.0 Å². The molecule has 0 unspecified atom stereocenters. The minimum atomic E-state index is -3.33. The van der Waals surface area contributed by atoms with E-state index in [2.05, 4.69) is 14.9 Å². The Kier molecular flexibility index (Phi) is 2.56. The molecule has 0 amide bonds. The summed E-state index contributed by atoms with van der Waals surface area (Å²) in [7, 11) is -3.33. The Morgan fingerprint density at radius 1 is 1.57 bits per heavy atom. The summed E-state index contributed by atoms with van der Waals surface area (Å²) < 4.78 is 25.6. The van der Waals surface area contributed by atoms with Gasteiger partial charge in [0.15, 0.2) is 0 Å². The number of nitrogens with zero attached hydrogens (tertiary/aromatic N) is 1. The van der Waals surface area contributed by atoms with Gasteiger partial charge in [0.1, 0.15) is 4.90 Å². The maximum atomic E-state index is 11.5. The predicted octanol–water partition coefficient (Wildman–Crippen LogP) is 0.488. The van der Waals surface area contributed by atoms with E-state index in [1.807, 2.05) is 0 Å². The van der Waals surface area contributed by atoms with Gasteiger partial charge in [-0.15, -0.1) is 0 Å². The number of rotatable bonds is 5. The number of hydrogen-bond acceptors (Lipinski definition) is 3. The second-order valence-electron chi connectivity index (χ2n) is 3.56. The van der Waals surface area contributed by atoms with Crippen molar-refractivity contribution >= 4 is 10.0 Å². The van der Waals surface area contributed by atoms with Gasteiger partial charge in [-0.05, 0) is 12.3 Å². The van der Waals surface area contributed by atoms with Crippen molar-refractivity contribution in [3.63, 3.8) is 0 Å². The second kappa shape index (κ2) is 3.70. The number of nitrogens with one attached hydrogen (secondary N) is 2. The first kappa shape index (κ1) is 9.67. The number of aromatic nitrogens is 2. The van der Waals surface area contributed by atoms with E-state index in [1.165, 1.54) is 25.2 Å². The Balaban J connectivity index is 1.88. The van der Waals surface area contributed by atoms with Crippen molar-refractivity contribution in [3.8, 4) is 0 Å². The zero-order valence-electron chi connectivity index (χ0n) is 7.73. The molecule has 0 aliphatic heterocycles. The van der Waals surface area contributed by atoms with E-state index in [-0.39, 0.29) is 4.90 Å². The molecule has 0 saturated heterocycles. The molecular formula is C8H13N3O2S. The lowest BCUT2D eigenvalue weighted by molar-refractivity contribution is 0.575. The highest BCUT2D eigenvalue weighted by Gasteiger charge is 2.22. The monoisotopic (exact) mass is 215 g/mol. The first-order valence-corrected chi connectivity index (χ1v) is 6.15. The third-order valence-corrected chi connectivity index (χ3v) is 3.75. The van der Waals surface area contributed by atoms with E-state index in [4.69, 9.17) is 0 Å². The van der Waals surface area contributed by atoms with Crippen LogP contribution >= 0.6 is 0 Å². The average Bonchev–Trinajstić information content (AvgIpc) is 2.80. The van der Waals surface area contributed by atoms with Crippen molar-refractivity contribution in [1.82, 2.24) is 14.9 Å². The fourth-order valence-corrected chi connectivity index (χ4v) is 2.23. The number of hydrogen-bond donors (Lipinski definition) is 2. The standard InChI is InChI=1S/C8H13N3O2S/c12-14(13,8-5-9-10-6-8)11-4-3-7-1-2-7/h5-7,11H,1-4H2,(H,9,10). The molecule has 1 fully saturated rings. The van der Waals surface area contributed by atoms with Gasteiger partial charge in [-0.1, -0.05) is 12.8 Å². The summed E-state index contributed by atoms with van der Waals surface area (Å²) in [6, 6.07) is 0. The van der Waals surface area contributed by atoms with E-state index in [0.29, 0.717) is 6.54 Å². The van der Waals surface area contributed by atoms with Gasteiger partial charge in [0.25, 0.3) is 0 Å². The van der Waals surface area contributed by atoms with Gasteiger partial charge in [0.05, 0.1) is 6.20 Å². The molecule has 0 atom stereocenters. The van der Waals surface area contributed by atoms with Crippen LogP contribution < -0.4 is 4.72 Å². The van der Waals surface area contributed by atoms with Gasteiger partial charge in [-0.3, -0.25) is 5.10 Å². The molecule has 1 aromatic rings. The molecule has 6 heteroatoms. The number of aromatic amines is 1. The second-order valence-corrected chi connectivity index (χ2v) is 5.33. The fraction of sp³-hybridized carbons (Fsp3) is 0.625. The lowest BCUT2D eigenvalue weighted by Gasteiger charge is -2.02. The number of H-pyrrole nitrogens is 1. The normalized spacial score (nSPS) is 17.1. The summed E-state index contributed by atoms with van der Waals surface area (Å²) in [6.07, 6.45) is 6.11. The zero-order chi connectivity index (χ0) is 10.0. The van der Waals surface area contributed by atoms with E-state index in [1.54, 1.807) is 0 Å². The molecule has 2 rings (SSSR count). The first-order valence-electron chi connectivity index (χ1n) is 4.67. The minimum absolute atomic E-state index is 0.202. The fourth-order valence-electron chi connectivity index (χ4n) is 1.27. The molecule has 0 spiro atoms. The Hall–Kier alpha value is -0.880. The maximum absolute atomic E-state index is 11.5. The molecule has 78 valence electrons. The average molecular weight is 215 g/mol. The summed E-state index contributed by atoms with van der Waals surface area (Å²) in [5, 5.41) is 6.08. The molecule has 2 N–H and O–H groups in total. The van der Waals surface area contributed by atoms with Crippen LogP contribution in [-0.2, 0) is 10.0 Å². The third kappa shape index (κ3) is 2.33. The van der Waals surface area contributed by atoms with Crippen LogP contribution in [0.3, 0.4) is 0 Å². The smallest absolute Gasteiger partial charge is 0.243 e. The summed E-state index contributed by atoms with van der Waals surface area (Å²) in [6.45, 7) is 0.526. The van der Waals surface area contributed by atoms with Crippen molar-refractivity contribution in [2.75, 3.05) is 6.54 Å². The van der Waals surface area contributed by atoms with E-state index < -0.39 is 10.0 Å². The lowest BCUT2D eigenvalue weighted by Crippen LogP contribution is -2.24. The molecule has 1 heterocycles. The molecule has 1 aromatic heterocycles. The Morgan fingerprint density at radius 2 is 2.36 bits per heavy atom. The third-order valence-electron chi connectivity index (χ3n) is 2.33. The minimum Gasteiger partial charge on any atom is -0.284 e. The van der Waals surface area contributed by atoms with Gasteiger partial charge in [-0.25, -0.2) is 13.1 Å². The van der Waals surface area contributed by atoms with Crippen LogP contribution in [0.5, 0.6) is 0 Å². The van der Waals surface area contributed by atoms with E-state index in [9.17, 15) is 8.42 Å². The molecule has 1 aliphatic rings. The molecule has 14 heavy (non-hydrogen) atoms. The van der Waals surface area contributed by atoms with Crippen LogP contribution in [-0.4, -0.2) is 25.2 Å². The Bertz CT molecular complexity index is 381. The van der Waals surface area contributed by atoms with Crippen LogP contribution in [0.25, 0.3) is 0 Å². The van der Waals surface area contributed by atoms with E-state index in [0.717, 1.165) is 12.3 Å². The highest BCUT2D eigenvalue weighted by molar-refractivity contribution is 7.89. The first-order chi connectivity index (χ1) is 6.68. The zero-order valence-corrected chi connectivity index (χ0v) is 8.55. The van der Waals surface area contributed by atoms with Crippen molar-refractivity contribution < 1.29 is 8.42 Å². The molecule has 0 radical (unpaired) electrons. The summed E-state index contributed by atoms with van der Waals surface area (Å²) in [4.78, 5) is 0.202. The Morgan fingerprint density at radius 3 is 2.93 bits per heavy atom. The quantitative estimate of drug-likeness (QED) is 0.750. The van der Waals surface area contributed by atoms with Crippen LogP contribution in [0, 0.1) is 5.92 Å². The molecule has 0 bridgehead atoms. The van der Waals surface area contributed by atoms with Gasteiger partial charge < -0.3 is 0 Å². The van der Waals surface area contributed by atoms with E-state index >= 15 is 0 Å². The van der Waals surface area contributed by atoms with Crippen molar-refractivity contribution in [2.45, 2.75) is 24.2 Å². The van der Waals surface area contributed by atoms with Crippen LogP contribution in [0.1, 0.15) is 19.3 Å². The number of sulfonamides is 1. The summed E-state index contributed by atoms with van der Waals surface area (Å²) in [5.74, 6) is 0.738. The summed E-state index contributed by atoms with van der Waals surface area (Å²) in [5.41, 5.74) is 0. The molecule has 1 saturated carbocycles. The highest BCUT2D eigenvalue weighted by atomic mass is 32.2.